The van der Waals surface area contributed by atoms with Crippen molar-refractivity contribution in [2.75, 3.05) is 17.7 Å². The highest BCUT2D eigenvalue weighted by Gasteiger charge is 2.38. The molecule has 6 nitrogen and oxygen atoms in total. The van der Waals surface area contributed by atoms with Crippen molar-refractivity contribution >= 4 is 17.5 Å². The molecule has 0 bridgehead atoms. The van der Waals surface area contributed by atoms with E-state index in [4.69, 9.17) is 15.6 Å². The third kappa shape index (κ3) is 2.24. The zero-order chi connectivity index (χ0) is 13.3. The minimum Gasteiger partial charge on any atom is -0.478 e. The van der Waals surface area contributed by atoms with E-state index in [1.165, 1.54) is 12.3 Å². The van der Waals surface area contributed by atoms with Crippen LogP contribution >= 0.6 is 0 Å². The lowest BCUT2D eigenvalue weighted by Gasteiger charge is -2.30. The molecule has 1 aliphatic rings. The van der Waals surface area contributed by atoms with Gasteiger partial charge in [0.25, 0.3) is 0 Å². The van der Waals surface area contributed by atoms with Gasteiger partial charge in [0.1, 0.15) is 11.4 Å². The van der Waals surface area contributed by atoms with Crippen molar-refractivity contribution in [3.63, 3.8) is 0 Å². The molecule has 18 heavy (non-hydrogen) atoms. The van der Waals surface area contributed by atoms with Gasteiger partial charge in [-0.05, 0) is 26.3 Å². The van der Waals surface area contributed by atoms with Gasteiger partial charge in [-0.1, -0.05) is 0 Å². The molecule has 0 spiro atoms. The lowest BCUT2D eigenvalue weighted by molar-refractivity contribution is 0.0697. The molecule has 6 heteroatoms. The molecule has 0 saturated carbocycles. The molecular weight excluding hydrogens is 234 g/mol. The molecule has 1 saturated heterocycles. The molecule has 2 unspecified atom stereocenters. The standard InChI is InChI=1S/C12H17N3O3/c1-7-12(2,3-4-18-7)15-10-9(11(16)17)5-8(13)6-14-10/h5-7H,3-4,13H2,1-2H3,(H,14,15)(H,16,17). The second kappa shape index (κ2) is 4.45. The second-order valence-electron chi connectivity index (χ2n) is 4.78. The van der Waals surface area contributed by atoms with E-state index in [1.54, 1.807) is 0 Å². The number of ether oxygens (including phenoxy) is 1. The molecule has 98 valence electrons. The summed E-state index contributed by atoms with van der Waals surface area (Å²) in [5.74, 6) is -0.719. The van der Waals surface area contributed by atoms with Gasteiger partial charge in [-0.2, -0.15) is 0 Å². The van der Waals surface area contributed by atoms with Crippen LogP contribution in [-0.2, 0) is 4.74 Å². The maximum Gasteiger partial charge on any atom is 0.339 e. The molecule has 2 rings (SSSR count). The third-order valence-electron chi connectivity index (χ3n) is 3.43. The molecule has 2 heterocycles. The number of aromatic nitrogens is 1. The number of aromatic carboxylic acids is 1. The van der Waals surface area contributed by atoms with Gasteiger partial charge in [0.15, 0.2) is 0 Å². The molecule has 1 fully saturated rings. The largest absolute Gasteiger partial charge is 0.478 e. The van der Waals surface area contributed by atoms with E-state index in [9.17, 15) is 4.79 Å². The topological polar surface area (TPSA) is 97.5 Å². The molecular formula is C12H17N3O3. The summed E-state index contributed by atoms with van der Waals surface area (Å²) in [5.41, 5.74) is 5.65. The average Bonchev–Trinajstić information content (AvgIpc) is 2.61. The van der Waals surface area contributed by atoms with Crippen LogP contribution in [0, 0.1) is 0 Å². The molecule has 0 amide bonds. The number of pyridine rings is 1. The summed E-state index contributed by atoms with van der Waals surface area (Å²) in [5, 5.41) is 12.3. The van der Waals surface area contributed by atoms with E-state index >= 15 is 0 Å². The first-order chi connectivity index (χ1) is 8.42. The molecule has 1 aromatic rings. The van der Waals surface area contributed by atoms with E-state index in [0.29, 0.717) is 18.1 Å². The number of anilines is 2. The fourth-order valence-corrected chi connectivity index (χ4v) is 2.01. The first-order valence-electron chi connectivity index (χ1n) is 5.81. The van der Waals surface area contributed by atoms with Crippen LogP contribution in [-0.4, -0.2) is 34.3 Å². The van der Waals surface area contributed by atoms with E-state index in [-0.39, 0.29) is 17.2 Å². The van der Waals surface area contributed by atoms with Crippen LogP contribution in [0.25, 0.3) is 0 Å². The third-order valence-corrected chi connectivity index (χ3v) is 3.43. The van der Waals surface area contributed by atoms with Gasteiger partial charge in [0.05, 0.1) is 23.5 Å². The summed E-state index contributed by atoms with van der Waals surface area (Å²) in [6.07, 6.45) is 2.25. The predicted octanol–water partition coefficient (Wildman–Crippen LogP) is 1.34. The number of hydrogen-bond acceptors (Lipinski definition) is 5. The Bertz CT molecular complexity index is 478. The summed E-state index contributed by atoms with van der Waals surface area (Å²) in [7, 11) is 0. The Morgan fingerprint density at radius 3 is 3.00 bits per heavy atom. The highest BCUT2D eigenvalue weighted by atomic mass is 16.5. The fourth-order valence-electron chi connectivity index (χ4n) is 2.01. The number of carboxylic acid groups (broad SMARTS) is 1. The van der Waals surface area contributed by atoms with Crippen molar-refractivity contribution < 1.29 is 14.6 Å². The highest BCUT2D eigenvalue weighted by Crippen LogP contribution is 2.30. The monoisotopic (exact) mass is 251 g/mol. The van der Waals surface area contributed by atoms with Crippen molar-refractivity contribution in [1.82, 2.24) is 4.98 Å². The number of rotatable bonds is 3. The fraction of sp³-hybridized carbons (Fsp3) is 0.500. The molecule has 0 aliphatic carbocycles. The van der Waals surface area contributed by atoms with Crippen LogP contribution in [0.4, 0.5) is 11.5 Å². The van der Waals surface area contributed by atoms with Crippen molar-refractivity contribution in [3.8, 4) is 0 Å². The second-order valence-corrected chi connectivity index (χ2v) is 4.78. The number of carboxylic acids is 1. The predicted molar refractivity (Wildman–Crippen MR) is 67.7 cm³/mol. The maximum atomic E-state index is 11.2. The van der Waals surface area contributed by atoms with Crippen LogP contribution in [0.2, 0.25) is 0 Å². The van der Waals surface area contributed by atoms with Crippen LogP contribution in [0.5, 0.6) is 0 Å². The highest BCUT2D eigenvalue weighted by molar-refractivity contribution is 5.94. The molecule has 1 aromatic heterocycles. The Labute approximate surface area is 105 Å². The number of carbonyl (C=O) groups is 1. The lowest BCUT2D eigenvalue weighted by Crippen LogP contribution is -2.42. The summed E-state index contributed by atoms with van der Waals surface area (Å²) < 4.78 is 5.50. The lowest BCUT2D eigenvalue weighted by atomic mass is 9.94. The normalized spacial score (nSPS) is 27.1. The number of nitrogen functional groups attached to an aromatic ring is 1. The average molecular weight is 251 g/mol. The van der Waals surface area contributed by atoms with Crippen LogP contribution in [0.1, 0.15) is 30.6 Å². The van der Waals surface area contributed by atoms with Gasteiger partial charge in [-0.25, -0.2) is 9.78 Å². The molecule has 1 aliphatic heterocycles. The summed E-state index contributed by atoms with van der Waals surface area (Å²) in [6.45, 7) is 4.61. The Balaban J connectivity index is 2.31. The molecule has 4 N–H and O–H groups in total. The van der Waals surface area contributed by atoms with Gasteiger partial charge < -0.3 is 20.9 Å². The zero-order valence-corrected chi connectivity index (χ0v) is 10.4. The Kier molecular flexibility index (Phi) is 3.13. The van der Waals surface area contributed by atoms with Gasteiger partial charge in [0, 0.05) is 6.61 Å². The number of nitrogens with two attached hydrogens (primary N) is 1. The maximum absolute atomic E-state index is 11.2. The van der Waals surface area contributed by atoms with E-state index in [2.05, 4.69) is 10.3 Å². The summed E-state index contributed by atoms with van der Waals surface area (Å²) >= 11 is 0. The summed E-state index contributed by atoms with van der Waals surface area (Å²) in [4.78, 5) is 15.2. The number of nitrogens with zero attached hydrogens (tertiary/aromatic N) is 1. The first-order valence-corrected chi connectivity index (χ1v) is 5.81. The van der Waals surface area contributed by atoms with Crippen LogP contribution in [0.3, 0.4) is 0 Å². The van der Waals surface area contributed by atoms with Gasteiger partial charge >= 0.3 is 5.97 Å². The van der Waals surface area contributed by atoms with Gasteiger partial charge in [0.2, 0.25) is 0 Å². The summed E-state index contributed by atoms with van der Waals surface area (Å²) in [6, 6.07) is 1.40. The molecule has 0 radical (unpaired) electrons. The smallest absolute Gasteiger partial charge is 0.339 e. The van der Waals surface area contributed by atoms with E-state index in [1.807, 2.05) is 13.8 Å². The minimum atomic E-state index is -1.05. The molecule has 0 aromatic carbocycles. The molecule has 2 atom stereocenters. The Morgan fingerprint density at radius 2 is 2.44 bits per heavy atom. The Morgan fingerprint density at radius 1 is 1.72 bits per heavy atom. The van der Waals surface area contributed by atoms with Gasteiger partial charge in [-0.3, -0.25) is 0 Å². The quantitative estimate of drug-likeness (QED) is 0.750. The van der Waals surface area contributed by atoms with E-state index < -0.39 is 5.97 Å². The van der Waals surface area contributed by atoms with Crippen molar-refractivity contribution in [1.29, 1.82) is 0 Å². The van der Waals surface area contributed by atoms with Crippen molar-refractivity contribution in [2.24, 2.45) is 0 Å². The van der Waals surface area contributed by atoms with Crippen LogP contribution in [0.15, 0.2) is 12.3 Å². The van der Waals surface area contributed by atoms with Gasteiger partial charge in [-0.15, -0.1) is 0 Å². The number of hydrogen-bond donors (Lipinski definition) is 3. The van der Waals surface area contributed by atoms with Crippen molar-refractivity contribution in [3.05, 3.63) is 17.8 Å². The Hall–Kier alpha value is -1.82. The first kappa shape index (κ1) is 12.6. The number of nitrogens with one attached hydrogen (secondary N) is 1. The van der Waals surface area contributed by atoms with Crippen LogP contribution < -0.4 is 11.1 Å². The van der Waals surface area contributed by atoms with E-state index in [0.717, 1.165) is 6.42 Å². The van der Waals surface area contributed by atoms with Crippen molar-refractivity contribution in [2.45, 2.75) is 31.9 Å². The zero-order valence-electron chi connectivity index (χ0n) is 10.4. The SMILES string of the molecule is CC1OCCC1(C)Nc1ncc(N)cc1C(=O)O. The minimum absolute atomic E-state index is 0.00139.